The van der Waals surface area contributed by atoms with Crippen molar-refractivity contribution in [2.24, 2.45) is 5.11 Å². The van der Waals surface area contributed by atoms with Gasteiger partial charge in [0.1, 0.15) is 5.69 Å². The van der Waals surface area contributed by atoms with Gasteiger partial charge in [-0.15, -0.1) is 0 Å². The number of hydrogen-bond acceptors (Lipinski definition) is 1. The van der Waals surface area contributed by atoms with Crippen LogP contribution in [0.5, 0.6) is 0 Å². The summed E-state index contributed by atoms with van der Waals surface area (Å²) in [6, 6.07) is 0. The minimum absolute atomic E-state index is 1.54. The van der Waals surface area contributed by atoms with Gasteiger partial charge in [-0.2, -0.15) is 0 Å². The Kier molecular flexibility index (Phi) is 2.57. The van der Waals surface area contributed by atoms with Crippen LogP contribution in [0.3, 0.4) is 0 Å². The van der Waals surface area contributed by atoms with E-state index in [0.29, 0.717) is 0 Å². The Balaban J connectivity index is 3.67. The maximum Gasteiger partial charge on any atom is 0.200 e. The molecule has 0 aliphatic carbocycles. The number of rotatable bonds is 1. The average Bonchev–Trinajstić information content (AvgIpc) is 2.19. The van der Waals surface area contributed by atoms with E-state index in [0.717, 1.165) is 0 Å². The highest BCUT2D eigenvalue weighted by Gasteiger charge is 2.24. The lowest BCUT2D eigenvalue weighted by Crippen LogP contribution is -2.00. The third-order valence-electron chi connectivity index (χ3n) is 1.33. The van der Waals surface area contributed by atoms with Gasteiger partial charge in [0.05, 0.1) is 0 Å². The molecule has 0 heterocycles. The van der Waals surface area contributed by atoms with Crippen LogP contribution in [0, 0.1) is 29.1 Å². The molecule has 0 spiro atoms. The van der Waals surface area contributed by atoms with Crippen molar-refractivity contribution in [3.05, 3.63) is 39.5 Å². The van der Waals surface area contributed by atoms with E-state index in [1.165, 1.54) is 0 Å². The molecule has 0 saturated carbocycles. The van der Waals surface area contributed by atoms with Crippen molar-refractivity contribution in [1.82, 2.24) is 0 Å². The van der Waals surface area contributed by atoms with Gasteiger partial charge >= 0.3 is 0 Å². The van der Waals surface area contributed by atoms with Crippen molar-refractivity contribution < 1.29 is 22.0 Å². The van der Waals surface area contributed by atoms with E-state index in [2.05, 4.69) is 5.11 Å². The molecule has 0 atom stereocenters. The molecule has 3 nitrogen and oxygen atoms in total. The molecule has 74 valence electrons. The fraction of sp³-hybridized carbons (Fsp3) is 0. The van der Waals surface area contributed by atoms with Gasteiger partial charge in [-0.05, 0) is 5.53 Å². The van der Waals surface area contributed by atoms with Crippen molar-refractivity contribution in [3.8, 4) is 0 Å². The molecule has 0 amide bonds. The van der Waals surface area contributed by atoms with Gasteiger partial charge in [-0.25, -0.2) is 22.0 Å². The van der Waals surface area contributed by atoms with Crippen LogP contribution in [-0.2, 0) is 0 Å². The smallest absolute Gasteiger partial charge is 0.200 e. The molecule has 0 fully saturated rings. The monoisotopic (exact) mass is 209 g/mol. The highest BCUT2D eigenvalue weighted by Crippen LogP contribution is 2.29. The SMILES string of the molecule is [N-]=[N+]=Nc1c(F)c(F)c(F)c(F)c1F. The van der Waals surface area contributed by atoms with E-state index >= 15 is 0 Å². The van der Waals surface area contributed by atoms with Crippen LogP contribution in [-0.4, -0.2) is 0 Å². The zero-order valence-corrected chi connectivity index (χ0v) is 6.23. The normalized spacial score (nSPS) is 9.79. The van der Waals surface area contributed by atoms with E-state index in [4.69, 9.17) is 5.53 Å². The Bertz CT molecular complexity index is 409. The molecule has 8 heteroatoms. The lowest BCUT2D eigenvalue weighted by Gasteiger charge is -2.02. The predicted octanol–water partition coefficient (Wildman–Crippen LogP) is 3.32. The second kappa shape index (κ2) is 3.51. The van der Waals surface area contributed by atoms with Crippen molar-refractivity contribution >= 4 is 5.69 Å². The van der Waals surface area contributed by atoms with Crippen LogP contribution in [0.15, 0.2) is 5.11 Å². The third kappa shape index (κ3) is 1.35. The molecular formula is C6F5N3. The first-order valence-corrected chi connectivity index (χ1v) is 3.07. The summed E-state index contributed by atoms with van der Waals surface area (Å²) in [5.41, 5.74) is 6.27. The maximum absolute atomic E-state index is 12.6. The summed E-state index contributed by atoms with van der Waals surface area (Å²) in [6.07, 6.45) is 0. The van der Waals surface area contributed by atoms with Gasteiger partial charge in [-0.1, -0.05) is 5.11 Å². The van der Waals surface area contributed by atoms with Crippen LogP contribution >= 0.6 is 0 Å². The lowest BCUT2D eigenvalue weighted by atomic mass is 10.2. The summed E-state index contributed by atoms with van der Waals surface area (Å²) in [5, 5.41) is 2.35. The Hall–Kier alpha value is -1.82. The van der Waals surface area contributed by atoms with E-state index in [9.17, 15) is 22.0 Å². The van der Waals surface area contributed by atoms with E-state index in [1.54, 1.807) is 0 Å². The molecular weight excluding hydrogens is 209 g/mol. The molecule has 0 aliphatic rings. The second-order valence-electron chi connectivity index (χ2n) is 2.11. The zero-order chi connectivity index (χ0) is 10.9. The molecule has 1 aromatic carbocycles. The maximum atomic E-state index is 12.6. The first kappa shape index (κ1) is 10.3. The highest BCUT2D eigenvalue weighted by molar-refractivity contribution is 5.41. The van der Waals surface area contributed by atoms with Gasteiger partial charge in [0.25, 0.3) is 0 Å². The average molecular weight is 209 g/mol. The number of hydrogen-bond donors (Lipinski definition) is 0. The van der Waals surface area contributed by atoms with E-state index in [-0.39, 0.29) is 0 Å². The summed E-state index contributed by atoms with van der Waals surface area (Å²) >= 11 is 0. The van der Waals surface area contributed by atoms with Gasteiger partial charge < -0.3 is 0 Å². The quantitative estimate of drug-likeness (QED) is 0.170. The molecule has 0 radical (unpaired) electrons. The van der Waals surface area contributed by atoms with Crippen molar-refractivity contribution in [2.75, 3.05) is 0 Å². The Morgan fingerprint density at radius 2 is 1.14 bits per heavy atom. The summed E-state index contributed by atoms with van der Waals surface area (Å²) in [4.78, 5) is 1.93. The van der Waals surface area contributed by atoms with Gasteiger partial charge in [0.2, 0.25) is 5.82 Å². The van der Waals surface area contributed by atoms with Gasteiger partial charge in [-0.3, -0.25) is 0 Å². The predicted molar refractivity (Wildman–Crippen MR) is 35.0 cm³/mol. The standard InChI is InChI=1S/C6F5N3/c7-1-2(8)4(10)6(13-14-12)5(11)3(1)9. The largest absolute Gasteiger partial charge is 0.203 e. The fourth-order valence-electron chi connectivity index (χ4n) is 0.726. The van der Waals surface area contributed by atoms with Crippen molar-refractivity contribution in [1.29, 1.82) is 0 Å². The Labute approximate surface area is 73.4 Å². The molecule has 0 unspecified atom stereocenters. The van der Waals surface area contributed by atoms with Crippen LogP contribution in [0.2, 0.25) is 0 Å². The van der Waals surface area contributed by atoms with Crippen LogP contribution in [0.25, 0.3) is 10.4 Å². The van der Waals surface area contributed by atoms with Crippen molar-refractivity contribution in [3.63, 3.8) is 0 Å². The number of azide groups is 1. The number of benzene rings is 1. The molecule has 0 saturated heterocycles. The second-order valence-corrected chi connectivity index (χ2v) is 2.11. The van der Waals surface area contributed by atoms with Crippen LogP contribution in [0.1, 0.15) is 0 Å². The summed E-state index contributed by atoms with van der Waals surface area (Å²) in [7, 11) is 0. The molecule has 0 aromatic heterocycles. The first-order chi connectivity index (χ1) is 6.50. The highest BCUT2D eigenvalue weighted by atomic mass is 19.2. The van der Waals surface area contributed by atoms with E-state index in [1.807, 2.05) is 4.91 Å². The Morgan fingerprint density at radius 1 is 0.786 bits per heavy atom. The number of nitrogens with zero attached hydrogens (tertiary/aromatic N) is 3. The Morgan fingerprint density at radius 3 is 1.50 bits per heavy atom. The van der Waals surface area contributed by atoms with Crippen molar-refractivity contribution in [2.45, 2.75) is 0 Å². The van der Waals surface area contributed by atoms with Gasteiger partial charge in [0, 0.05) is 4.91 Å². The first-order valence-electron chi connectivity index (χ1n) is 3.07. The minimum atomic E-state index is -2.29. The lowest BCUT2D eigenvalue weighted by molar-refractivity contribution is 0.381. The summed E-state index contributed by atoms with van der Waals surface area (Å²) in [6.45, 7) is 0. The molecule has 14 heavy (non-hydrogen) atoms. The summed E-state index contributed by atoms with van der Waals surface area (Å²) in [5.74, 6) is -10.9. The third-order valence-corrected chi connectivity index (χ3v) is 1.33. The summed E-state index contributed by atoms with van der Waals surface area (Å²) < 4.78 is 62.3. The molecule has 1 rings (SSSR count). The van der Waals surface area contributed by atoms with Crippen LogP contribution in [0.4, 0.5) is 27.6 Å². The molecule has 1 aromatic rings. The van der Waals surface area contributed by atoms with Gasteiger partial charge in [0.15, 0.2) is 23.3 Å². The van der Waals surface area contributed by atoms with E-state index < -0.39 is 34.8 Å². The molecule has 0 aliphatic heterocycles. The number of halogens is 5. The molecule has 0 N–H and O–H groups in total. The van der Waals surface area contributed by atoms with Crippen LogP contribution < -0.4 is 0 Å². The topological polar surface area (TPSA) is 48.8 Å². The fourth-order valence-corrected chi connectivity index (χ4v) is 0.726. The minimum Gasteiger partial charge on any atom is -0.203 e. The molecule has 0 bridgehead atoms. The zero-order valence-electron chi connectivity index (χ0n) is 6.23.